The van der Waals surface area contributed by atoms with E-state index in [2.05, 4.69) is 18.8 Å². The summed E-state index contributed by atoms with van der Waals surface area (Å²) in [5.41, 5.74) is 0.835. The SMILES string of the molecule is C=C/C=C(\CC)NC(C)(C)OC. The zero-order valence-electron chi connectivity index (χ0n) is 8.48. The van der Waals surface area contributed by atoms with E-state index in [-0.39, 0.29) is 5.72 Å². The zero-order valence-corrected chi connectivity index (χ0v) is 8.48. The highest BCUT2D eigenvalue weighted by atomic mass is 16.5. The molecule has 0 spiro atoms. The minimum absolute atomic E-state index is 0.301. The van der Waals surface area contributed by atoms with Crippen LogP contribution in [0.25, 0.3) is 0 Å². The maximum Gasteiger partial charge on any atom is 0.132 e. The van der Waals surface area contributed by atoms with Crippen molar-refractivity contribution in [2.45, 2.75) is 32.9 Å². The topological polar surface area (TPSA) is 21.3 Å². The predicted molar refractivity (Wildman–Crippen MR) is 52.8 cm³/mol. The first-order valence-corrected chi connectivity index (χ1v) is 4.20. The molecule has 0 aliphatic heterocycles. The molecule has 2 nitrogen and oxygen atoms in total. The molecule has 0 radical (unpaired) electrons. The molecule has 0 aliphatic rings. The number of methoxy groups -OCH3 is 1. The number of hydrogen-bond acceptors (Lipinski definition) is 2. The Bertz CT molecular complexity index is 171. The monoisotopic (exact) mass is 169 g/mol. The lowest BCUT2D eigenvalue weighted by Crippen LogP contribution is -2.40. The standard InChI is InChI=1S/C10H19NO/c1-6-8-9(7-2)11-10(3,4)12-5/h6,8,11H,1,7H2,2-5H3/b9-8+. The molecule has 70 valence electrons. The third-order valence-corrected chi connectivity index (χ3v) is 1.67. The Hall–Kier alpha value is -0.760. The van der Waals surface area contributed by atoms with Crippen molar-refractivity contribution < 1.29 is 4.74 Å². The molecule has 0 unspecified atom stereocenters. The van der Waals surface area contributed by atoms with Crippen LogP contribution in [0, 0.1) is 0 Å². The Kier molecular flexibility index (Phi) is 4.67. The van der Waals surface area contributed by atoms with Gasteiger partial charge in [0.15, 0.2) is 0 Å². The molecule has 2 heteroatoms. The van der Waals surface area contributed by atoms with Crippen LogP contribution in [0.1, 0.15) is 27.2 Å². The van der Waals surface area contributed by atoms with Gasteiger partial charge in [-0.1, -0.05) is 19.6 Å². The quantitative estimate of drug-likeness (QED) is 0.504. The highest BCUT2D eigenvalue weighted by molar-refractivity contribution is 5.09. The molecular formula is C10H19NO. The molecule has 0 rings (SSSR count). The van der Waals surface area contributed by atoms with Crippen LogP contribution >= 0.6 is 0 Å². The summed E-state index contributed by atoms with van der Waals surface area (Å²) in [6, 6.07) is 0. The fourth-order valence-corrected chi connectivity index (χ4v) is 0.828. The summed E-state index contributed by atoms with van der Waals surface area (Å²) in [6.45, 7) is 9.71. The molecule has 0 aromatic heterocycles. The van der Waals surface area contributed by atoms with E-state index in [4.69, 9.17) is 4.74 Å². The van der Waals surface area contributed by atoms with E-state index in [1.807, 2.05) is 19.9 Å². The smallest absolute Gasteiger partial charge is 0.132 e. The summed E-state index contributed by atoms with van der Waals surface area (Å²) in [7, 11) is 1.69. The molecule has 0 amide bonds. The minimum Gasteiger partial charge on any atom is -0.361 e. The van der Waals surface area contributed by atoms with Gasteiger partial charge in [-0.3, -0.25) is 0 Å². The van der Waals surface area contributed by atoms with Crippen LogP contribution in [-0.4, -0.2) is 12.8 Å². The maximum atomic E-state index is 5.23. The fraction of sp³-hybridized carbons (Fsp3) is 0.600. The molecular weight excluding hydrogens is 150 g/mol. The molecule has 0 bridgehead atoms. The largest absolute Gasteiger partial charge is 0.361 e. The van der Waals surface area contributed by atoms with Gasteiger partial charge in [0.05, 0.1) is 0 Å². The summed E-state index contributed by atoms with van der Waals surface area (Å²) in [6.07, 6.45) is 4.69. The Labute approximate surface area is 75.3 Å². The summed E-state index contributed by atoms with van der Waals surface area (Å²) in [5.74, 6) is 0. The van der Waals surface area contributed by atoms with Gasteiger partial charge in [-0.05, 0) is 26.3 Å². The molecule has 0 heterocycles. The number of allylic oxidation sites excluding steroid dienone is 3. The summed E-state index contributed by atoms with van der Waals surface area (Å²) >= 11 is 0. The van der Waals surface area contributed by atoms with Gasteiger partial charge in [-0.25, -0.2) is 0 Å². The second-order valence-corrected chi connectivity index (χ2v) is 3.12. The van der Waals surface area contributed by atoms with Crippen molar-refractivity contribution >= 4 is 0 Å². The summed E-state index contributed by atoms with van der Waals surface area (Å²) < 4.78 is 5.23. The van der Waals surface area contributed by atoms with Crippen molar-refractivity contribution in [3.63, 3.8) is 0 Å². The van der Waals surface area contributed by atoms with Crippen LogP contribution in [-0.2, 0) is 4.74 Å². The number of rotatable bonds is 5. The van der Waals surface area contributed by atoms with Crippen LogP contribution in [0.15, 0.2) is 24.4 Å². The molecule has 1 N–H and O–H groups in total. The van der Waals surface area contributed by atoms with Crippen molar-refractivity contribution in [3.05, 3.63) is 24.4 Å². The minimum atomic E-state index is -0.301. The van der Waals surface area contributed by atoms with E-state index >= 15 is 0 Å². The van der Waals surface area contributed by atoms with Gasteiger partial charge in [0.1, 0.15) is 5.72 Å². The van der Waals surface area contributed by atoms with Crippen LogP contribution in [0.5, 0.6) is 0 Å². The van der Waals surface area contributed by atoms with Gasteiger partial charge >= 0.3 is 0 Å². The van der Waals surface area contributed by atoms with Crippen molar-refractivity contribution in [2.75, 3.05) is 7.11 Å². The summed E-state index contributed by atoms with van der Waals surface area (Å²) in [5, 5.41) is 3.26. The molecule has 0 aromatic rings. The maximum absolute atomic E-state index is 5.23. The van der Waals surface area contributed by atoms with Crippen LogP contribution < -0.4 is 5.32 Å². The average molecular weight is 169 g/mol. The van der Waals surface area contributed by atoms with E-state index in [1.54, 1.807) is 13.2 Å². The van der Waals surface area contributed by atoms with Crippen LogP contribution in [0.2, 0.25) is 0 Å². The van der Waals surface area contributed by atoms with Gasteiger partial charge in [-0.15, -0.1) is 0 Å². The molecule has 0 saturated carbocycles. The van der Waals surface area contributed by atoms with Gasteiger partial charge in [0.25, 0.3) is 0 Å². The predicted octanol–water partition coefficient (Wildman–Crippen LogP) is 2.44. The first-order chi connectivity index (χ1) is 5.55. The second kappa shape index (κ2) is 4.99. The average Bonchev–Trinajstić information content (AvgIpc) is 2.03. The lowest BCUT2D eigenvalue weighted by molar-refractivity contribution is 0.000877. The molecule has 0 saturated heterocycles. The Morgan fingerprint density at radius 3 is 2.50 bits per heavy atom. The molecule has 12 heavy (non-hydrogen) atoms. The third-order valence-electron chi connectivity index (χ3n) is 1.67. The molecule has 0 fully saturated rings. The van der Waals surface area contributed by atoms with E-state index in [1.165, 1.54) is 0 Å². The fourth-order valence-electron chi connectivity index (χ4n) is 0.828. The van der Waals surface area contributed by atoms with Gasteiger partial charge in [-0.2, -0.15) is 0 Å². The van der Waals surface area contributed by atoms with E-state index < -0.39 is 0 Å². The third kappa shape index (κ3) is 4.19. The highest BCUT2D eigenvalue weighted by Crippen LogP contribution is 2.07. The van der Waals surface area contributed by atoms with Crippen LogP contribution in [0.4, 0.5) is 0 Å². The van der Waals surface area contributed by atoms with Crippen molar-refractivity contribution in [1.82, 2.24) is 5.32 Å². The van der Waals surface area contributed by atoms with E-state index in [0.29, 0.717) is 0 Å². The summed E-state index contributed by atoms with van der Waals surface area (Å²) in [4.78, 5) is 0. The van der Waals surface area contributed by atoms with E-state index in [0.717, 1.165) is 12.1 Å². The highest BCUT2D eigenvalue weighted by Gasteiger charge is 2.15. The first-order valence-electron chi connectivity index (χ1n) is 4.20. The van der Waals surface area contributed by atoms with Gasteiger partial charge < -0.3 is 10.1 Å². The van der Waals surface area contributed by atoms with Crippen LogP contribution in [0.3, 0.4) is 0 Å². The number of nitrogens with one attached hydrogen (secondary N) is 1. The Morgan fingerprint density at radius 1 is 1.58 bits per heavy atom. The molecule has 0 atom stereocenters. The van der Waals surface area contributed by atoms with E-state index in [9.17, 15) is 0 Å². The number of ether oxygens (including phenoxy) is 1. The van der Waals surface area contributed by atoms with Crippen molar-refractivity contribution in [3.8, 4) is 0 Å². The van der Waals surface area contributed by atoms with Crippen molar-refractivity contribution in [1.29, 1.82) is 0 Å². The normalized spacial score (nSPS) is 12.8. The number of hydrogen-bond donors (Lipinski definition) is 1. The molecule has 0 aliphatic carbocycles. The lowest BCUT2D eigenvalue weighted by Gasteiger charge is -2.26. The van der Waals surface area contributed by atoms with Gasteiger partial charge in [0, 0.05) is 12.8 Å². The lowest BCUT2D eigenvalue weighted by atomic mass is 10.2. The van der Waals surface area contributed by atoms with Gasteiger partial charge in [0.2, 0.25) is 0 Å². The zero-order chi connectivity index (χ0) is 9.61. The molecule has 0 aromatic carbocycles. The Morgan fingerprint density at radius 2 is 2.17 bits per heavy atom. The second-order valence-electron chi connectivity index (χ2n) is 3.12. The Balaban J connectivity index is 4.20. The van der Waals surface area contributed by atoms with Crippen molar-refractivity contribution in [2.24, 2.45) is 0 Å². The first kappa shape index (κ1) is 11.2.